The molecule has 4 atom stereocenters. The fourth-order valence-electron chi connectivity index (χ4n) is 3.89. The first-order chi connectivity index (χ1) is 8.06. The molecule has 2 rings (SSSR count). The number of fused-ring (bicyclic) bond motifs is 2. The smallest absolute Gasteiger partial charge is 0.302 e. The largest absolute Gasteiger partial charge is 0.462 e. The van der Waals surface area contributed by atoms with E-state index in [0.29, 0.717) is 5.57 Å². The van der Waals surface area contributed by atoms with E-state index < -0.39 is 5.41 Å². The summed E-state index contributed by atoms with van der Waals surface area (Å²) < 4.78 is 5.32. The van der Waals surface area contributed by atoms with Crippen LogP contribution in [0.4, 0.5) is 0 Å². The molecule has 4 nitrogen and oxygen atoms in total. The number of rotatable bonds is 4. The average Bonchev–Trinajstić information content (AvgIpc) is 2.79. The van der Waals surface area contributed by atoms with Gasteiger partial charge in [0.2, 0.25) is 0 Å². The first-order valence-corrected chi connectivity index (χ1v) is 6.13. The Morgan fingerprint density at radius 3 is 2.71 bits per heavy atom. The second-order valence-corrected chi connectivity index (χ2v) is 5.22. The number of hydrogen-bond acceptors (Lipinski definition) is 4. The van der Waals surface area contributed by atoms with Crippen LogP contribution in [0, 0.1) is 17.3 Å². The van der Waals surface area contributed by atoms with Crippen LogP contribution < -0.4 is 0 Å². The first kappa shape index (κ1) is 12.6. The van der Waals surface area contributed by atoms with Gasteiger partial charge >= 0.3 is 5.97 Å². The van der Waals surface area contributed by atoms with Gasteiger partial charge in [0, 0.05) is 18.3 Å². The third-order valence-corrected chi connectivity index (χ3v) is 4.61. The summed E-state index contributed by atoms with van der Waals surface area (Å²) in [7, 11) is 0. The van der Waals surface area contributed by atoms with Crippen molar-refractivity contribution in [2.24, 2.45) is 17.3 Å². The molecule has 0 aromatic rings. The van der Waals surface area contributed by atoms with E-state index in [1.165, 1.54) is 6.92 Å². The molecule has 0 saturated heterocycles. The zero-order valence-corrected chi connectivity index (χ0v) is 10.2. The molecule has 0 aromatic carbocycles. The van der Waals surface area contributed by atoms with Gasteiger partial charge < -0.3 is 14.9 Å². The number of ether oxygens (including phenoxy) is 1. The first-order valence-electron chi connectivity index (χ1n) is 6.13. The Balaban J connectivity index is 2.25. The number of aliphatic hydroxyl groups excluding tert-OH is 2. The monoisotopic (exact) mass is 240 g/mol. The highest BCUT2D eigenvalue weighted by molar-refractivity contribution is 5.66. The molecule has 0 amide bonds. The minimum atomic E-state index is -0.436. The summed E-state index contributed by atoms with van der Waals surface area (Å²) in [6.07, 6.45) is 2.61. The maximum atomic E-state index is 11.1. The summed E-state index contributed by atoms with van der Waals surface area (Å²) >= 11 is 0. The molecule has 0 aliphatic heterocycles. The van der Waals surface area contributed by atoms with Crippen LogP contribution in [-0.4, -0.2) is 35.5 Å². The van der Waals surface area contributed by atoms with Gasteiger partial charge in [-0.2, -0.15) is 0 Å². The molecule has 2 N–H and O–H groups in total. The normalized spacial score (nSPS) is 39.4. The number of carbonyl (C=O) groups is 1. The van der Waals surface area contributed by atoms with Crippen LogP contribution in [0.3, 0.4) is 0 Å². The molecule has 17 heavy (non-hydrogen) atoms. The molecule has 0 spiro atoms. The lowest BCUT2D eigenvalue weighted by Gasteiger charge is -2.34. The molecular weight excluding hydrogens is 220 g/mol. The fraction of sp³-hybridized carbons (Fsp3) is 0.769. The van der Waals surface area contributed by atoms with Gasteiger partial charge in [0.1, 0.15) is 6.10 Å². The standard InChI is InChI=1S/C13H20O4/c1-8(6-14)13(7-15)10-3-4-11(13)12(5-10)17-9(2)16/h10-12,14-15H,1,3-7H2,2H3/t10-,11+,12?,13+/m1/s1. The highest BCUT2D eigenvalue weighted by Crippen LogP contribution is 2.61. The van der Waals surface area contributed by atoms with Crippen LogP contribution in [0.2, 0.25) is 0 Å². The van der Waals surface area contributed by atoms with Crippen molar-refractivity contribution in [3.05, 3.63) is 12.2 Å². The van der Waals surface area contributed by atoms with E-state index in [4.69, 9.17) is 4.74 Å². The van der Waals surface area contributed by atoms with Gasteiger partial charge in [-0.15, -0.1) is 0 Å². The summed E-state index contributed by atoms with van der Waals surface area (Å²) in [6.45, 7) is 5.19. The van der Waals surface area contributed by atoms with E-state index >= 15 is 0 Å². The maximum Gasteiger partial charge on any atom is 0.302 e. The van der Waals surface area contributed by atoms with Crippen molar-refractivity contribution >= 4 is 5.97 Å². The molecule has 2 fully saturated rings. The van der Waals surface area contributed by atoms with Crippen LogP contribution in [0.5, 0.6) is 0 Å². The van der Waals surface area contributed by atoms with Gasteiger partial charge in [0.15, 0.2) is 0 Å². The summed E-state index contributed by atoms with van der Waals surface area (Å²) in [4.78, 5) is 11.1. The zero-order valence-electron chi connectivity index (χ0n) is 10.2. The molecule has 0 heterocycles. The van der Waals surface area contributed by atoms with Crippen LogP contribution >= 0.6 is 0 Å². The van der Waals surface area contributed by atoms with Gasteiger partial charge in [-0.3, -0.25) is 4.79 Å². The van der Waals surface area contributed by atoms with E-state index in [1.807, 2.05) is 0 Å². The van der Waals surface area contributed by atoms with Gasteiger partial charge in [0.05, 0.1) is 13.2 Å². The Labute approximate surface area is 101 Å². The lowest BCUT2D eigenvalue weighted by atomic mass is 9.72. The van der Waals surface area contributed by atoms with Crippen LogP contribution in [0.15, 0.2) is 12.2 Å². The fourth-order valence-corrected chi connectivity index (χ4v) is 3.89. The molecule has 2 aliphatic carbocycles. The number of carbonyl (C=O) groups excluding carboxylic acids is 1. The van der Waals surface area contributed by atoms with Crippen LogP contribution in [-0.2, 0) is 9.53 Å². The predicted molar refractivity (Wildman–Crippen MR) is 62.1 cm³/mol. The number of aliphatic hydroxyl groups is 2. The van der Waals surface area contributed by atoms with E-state index in [1.54, 1.807) is 0 Å². The Morgan fingerprint density at radius 1 is 1.47 bits per heavy atom. The Hall–Kier alpha value is -0.870. The number of esters is 1. The van der Waals surface area contributed by atoms with Crippen molar-refractivity contribution in [1.29, 1.82) is 0 Å². The summed E-state index contributed by atoms with van der Waals surface area (Å²) in [5.41, 5.74) is 0.247. The minimum Gasteiger partial charge on any atom is -0.462 e. The third kappa shape index (κ3) is 1.70. The highest BCUT2D eigenvalue weighted by atomic mass is 16.5. The summed E-state index contributed by atoms with van der Waals surface area (Å²) in [5, 5.41) is 19.0. The van der Waals surface area contributed by atoms with E-state index in [9.17, 15) is 15.0 Å². The lowest BCUT2D eigenvalue weighted by molar-refractivity contribution is -0.149. The van der Waals surface area contributed by atoms with Gasteiger partial charge in [-0.1, -0.05) is 6.58 Å². The molecule has 2 bridgehead atoms. The Bertz CT molecular complexity index is 338. The van der Waals surface area contributed by atoms with Crippen LogP contribution in [0.1, 0.15) is 26.2 Å². The van der Waals surface area contributed by atoms with Crippen molar-refractivity contribution in [3.8, 4) is 0 Å². The third-order valence-electron chi connectivity index (χ3n) is 4.61. The molecule has 2 saturated carbocycles. The van der Waals surface area contributed by atoms with Gasteiger partial charge in [-0.05, 0) is 30.8 Å². The SMILES string of the molecule is C=C(CO)[C@@]1(CO)[C@@H]2CC[C@H]1C(OC(C)=O)C2. The lowest BCUT2D eigenvalue weighted by Crippen LogP contribution is -2.36. The summed E-state index contributed by atoms with van der Waals surface area (Å²) in [5.74, 6) is 0.117. The minimum absolute atomic E-state index is 0.0144. The predicted octanol–water partition coefficient (Wildman–Crippen LogP) is 0.875. The van der Waals surface area contributed by atoms with Crippen molar-refractivity contribution < 1.29 is 19.7 Å². The highest BCUT2D eigenvalue weighted by Gasteiger charge is 2.60. The van der Waals surface area contributed by atoms with Crippen molar-refractivity contribution in [2.45, 2.75) is 32.3 Å². The number of hydrogen-bond donors (Lipinski definition) is 2. The van der Waals surface area contributed by atoms with Crippen molar-refractivity contribution in [1.82, 2.24) is 0 Å². The van der Waals surface area contributed by atoms with E-state index in [-0.39, 0.29) is 37.1 Å². The Morgan fingerprint density at radius 2 is 2.18 bits per heavy atom. The molecule has 1 unspecified atom stereocenters. The molecule has 0 radical (unpaired) electrons. The van der Waals surface area contributed by atoms with Crippen molar-refractivity contribution in [3.63, 3.8) is 0 Å². The second-order valence-electron chi connectivity index (χ2n) is 5.22. The van der Waals surface area contributed by atoms with Gasteiger partial charge in [-0.25, -0.2) is 0 Å². The van der Waals surface area contributed by atoms with Crippen LogP contribution in [0.25, 0.3) is 0 Å². The topological polar surface area (TPSA) is 66.8 Å². The average molecular weight is 240 g/mol. The Kier molecular flexibility index (Phi) is 3.27. The molecule has 4 heteroatoms. The second kappa shape index (κ2) is 4.42. The quantitative estimate of drug-likeness (QED) is 0.565. The van der Waals surface area contributed by atoms with E-state index in [0.717, 1.165) is 19.3 Å². The molecule has 96 valence electrons. The maximum absolute atomic E-state index is 11.1. The zero-order chi connectivity index (χ0) is 12.6. The molecule has 0 aromatic heterocycles. The van der Waals surface area contributed by atoms with Gasteiger partial charge in [0.25, 0.3) is 0 Å². The summed E-state index contributed by atoms with van der Waals surface area (Å²) in [6, 6.07) is 0. The van der Waals surface area contributed by atoms with Crippen molar-refractivity contribution in [2.75, 3.05) is 13.2 Å². The molecular formula is C13H20O4. The molecule has 2 aliphatic rings. The van der Waals surface area contributed by atoms with E-state index in [2.05, 4.69) is 6.58 Å².